The summed E-state index contributed by atoms with van der Waals surface area (Å²) in [5.41, 5.74) is 1.50. The van der Waals surface area contributed by atoms with Crippen LogP contribution in [0.4, 0.5) is 0 Å². The maximum absolute atomic E-state index is 14.9. The highest BCUT2D eigenvalue weighted by atomic mass is 16.2. The fourth-order valence-corrected chi connectivity index (χ4v) is 11.5. The molecule has 1 aliphatic heterocycles. The zero-order valence-corrected chi connectivity index (χ0v) is 41.0. The van der Waals surface area contributed by atoms with Crippen molar-refractivity contribution in [2.75, 3.05) is 6.54 Å². The van der Waals surface area contributed by atoms with Crippen molar-refractivity contribution >= 4 is 71.6 Å². The molecule has 4 heterocycles. The highest BCUT2D eigenvalue weighted by Crippen LogP contribution is 2.39. The molecule has 2 unspecified atom stereocenters. The van der Waals surface area contributed by atoms with Crippen LogP contribution in [-0.2, 0) is 6.54 Å². The molecule has 0 saturated carbocycles. The number of rotatable bonds is 28. The third-order valence-corrected chi connectivity index (χ3v) is 15.3. The molecule has 1 aliphatic rings. The molecule has 0 radical (unpaired) electrons. The Hall–Kier alpha value is -5.18. The van der Waals surface area contributed by atoms with Crippen LogP contribution in [0.5, 0.6) is 0 Å². The van der Waals surface area contributed by atoms with Crippen molar-refractivity contribution in [1.82, 2.24) is 18.9 Å². The number of amides is 2. The van der Waals surface area contributed by atoms with Gasteiger partial charge in [-0.3, -0.25) is 37.8 Å². The molecule has 0 spiro atoms. The molecule has 0 fully saturated rings. The third kappa shape index (κ3) is 9.76. The van der Waals surface area contributed by atoms with Crippen LogP contribution in [0.1, 0.15) is 203 Å². The summed E-state index contributed by atoms with van der Waals surface area (Å²) >= 11 is 0. The topological polar surface area (TPSA) is 111 Å². The van der Waals surface area contributed by atoms with Gasteiger partial charge in [-0.2, -0.15) is 0 Å². The van der Waals surface area contributed by atoms with Gasteiger partial charge >= 0.3 is 0 Å². The number of carbonyl (C=O) groups excluding carboxylic acids is 2. The molecule has 9 nitrogen and oxygen atoms in total. The summed E-state index contributed by atoms with van der Waals surface area (Å²) in [6, 6.07) is 14.3. The second kappa shape index (κ2) is 22.3. The summed E-state index contributed by atoms with van der Waals surface area (Å²) in [4.78, 5) is 79.4. The van der Waals surface area contributed by atoms with E-state index in [1.165, 1.54) is 86.5 Å². The maximum atomic E-state index is 14.9. The van der Waals surface area contributed by atoms with Gasteiger partial charge in [0, 0.05) is 67.3 Å². The number of unbranched alkanes of at least 4 members (excludes halogenated alkanes) is 16. The standard InChI is InChI=1S/C58H74N4O5/c1-5-9-13-17-19-23-27-39(25-21-15-11-7-3)37-60-54(63)42-30-29-41-49-46(32-31-43(50(42)49)55(60)64)58(67)62-48-36-34-45-51-44(33-35-47(52(48)51)59-53(41)62)56(65)61(57(45)66)38-40(26-22-16-12-8-4)28-24-20-18-14-10-6-2/h29-36,39-40H,5-28,37-38H2,1-4H3. The first kappa shape index (κ1) is 48.3. The first-order valence-electron chi connectivity index (χ1n) is 26.6. The predicted octanol–water partition coefficient (Wildman–Crippen LogP) is 14.1. The fraction of sp³-hybridized carbons (Fsp3) is 0.552. The van der Waals surface area contributed by atoms with Crippen LogP contribution in [0.3, 0.4) is 0 Å². The van der Waals surface area contributed by atoms with E-state index in [2.05, 4.69) is 27.7 Å². The number of fused-ring (bicyclic) bond motifs is 3. The van der Waals surface area contributed by atoms with E-state index in [1.54, 1.807) is 34.7 Å². The number of benzene rings is 4. The minimum Gasteiger partial charge on any atom is -0.274 e. The quantitative estimate of drug-likeness (QED) is 0.0209. The minimum atomic E-state index is -0.328. The number of hydrogen-bond donors (Lipinski definition) is 0. The molecule has 4 aromatic carbocycles. The van der Waals surface area contributed by atoms with Crippen molar-refractivity contribution in [1.29, 1.82) is 0 Å². The summed E-state index contributed by atoms with van der Waals surface area (Å²) in [6.07, 6.45) is 27.6. The minimum absolute atomic E-state index is 0.238. The van der Waals surface area contributed by atoms with Gasteiger partial charge in [0.25, 0.3) is 28.5 Å². The normalized spacial score (nSPS) is 14.1. The summed E-state index contributed by atoms with van der Waals surface area (Å²) in [5.74, 6) is -0.127. The summed E-state index contributed by atoms with van der Waals surface area (Å²) < 4.78 is 3.07. The van der Waals surface area contributed by atoms with Crippen molar-refractivity contribution in [3.63, 3.8) is 0 Å². The lowest BCUT2D eigenvalue weighted by Crippen LogP contribution is -2.43. The number of hydrogen-bond acceptors (Lipinski definition) is 6. The number of carbonyl (C=O) groups is 2. The van der Waals surface area contributed by atoms with Gasteiger partial charge < -0.3 is 0 Å². The van der Waals surface area contributed by atoms with E-state index in [1.807, 2.05) is 18.2 Å². The highest BCUT2D eigenvalue weighted by Gasteiger charge is 2.36. The molecule has 356 valence electrons. The molecule has 9 heteroatoms. The Morgan fingerprint density at radius 1 is 0.418 bits per heavy atom. The summed E-state index contributed by atoms with van der Waals surface area (Å²) in [5, 5.41) is 4.19. The Kier molecular flexibility index (Phi) is 16.1. The molecule has 2 amide bonds. The number of nitrogens with zero attached hydrogens (tertiary/aromatic N) is 4. The lowest BCUT2D eigenvalue weighted by Gasteiger charge is -2.31. The molecule has 8 rings (SSSR count). The fourth-order valence-electron chi connectivity index (χ4n) is 11.5. The van der Waals surface area contributed by atoms with E-state index < -0.39 is 0 Å². The largest absolute Gasteiger partial charge is 0.274 e. The average Bonchev–Trinajstić information content (AvgIpc) is 3.34. The van der Waals surface area contributed by atoms with Crippen LogP contribution in [0, 0.1) is 11.8 Å². The van der Waals surface area contributed by atoms with E-state index in [-0.39, 0.29) is 40.3 Å². The van der Waals surface area contributed by atoms with Gasteiger partial charge in [-0.15, -0.1) is 0 Å². The van der Waals surface area contributed by atoms with Gasteiger partial charge in [0.15, 0.2) is 0 Å². The molecule has 0 N–H and O–H groups in total. The Labute approximate surface area is 396 Å². The van der Waals surface area contributed by atoms with E-state index >= 15 is 0 Å². The first-order chi connectivity index (χ1) is 32.7. The second-order valence-corrected chi connectivity index (χ2v) is 20.1. The zero-order valence-electron chi connectivity index (χ0n) is 41.0. The van der Waals surface area contributed by atoms with Crippen molar-refractivity contribution in [3.05, 3.63) is 90.7 Å². The number of pyridine rings is 2. The monoisotopic (exact) mass is 907 g/mol. The lowest BCUT2D eigenvalue weighted by atomic mass is 9.88. The van der Waals surface area contributed by atoms with Crippen molar-refractivity contribution in [2.24, 2.45) is 11.8 Å². The third-order valence-electron chi connectivity index (χ3n) is 15.3. The van der Waals surface area contributed by atoms with Gasteiger partial charge in [-0.05, 0) is 86.1 Å². The molecule has 67 heavy (non-hydrogen) atoms. The second-order valence-electron chi connectivity index (χ2n) is 20.1. The van der Waals surface area contributed by atoms with E-state index in [4.69, 9.17) is 4.98 Å². The Balaban J connectivity index is 1.15. The van der Waals surface area contributed by atoms with Gasteiger partial charge in [-0.25, -0.2) is 4.98 Å². The molecule has 0 bridgehead atoms. The summed E-state index contributed by atoms with van der Waals surface area (Å²) in [6.45, 7) is 9.69. The van der Waals surface area contributed by atoms with Gasteiger partial charge in [0.1, 0.15) is 5.65 Å². The predicted molar refractivity (Wildman–Crippen MR) is 278 cm³/mol. The Morgan fingerprint density at radius 3 is 1.37 bits per heavy atom. The van der Waals surface area contributed by atoms with Crippen LogP contribution in [0.2, 0.25) is 0 Å². The Morgan fingerprint density at radius 2 is 0.836 bits per heavy atom. The molecule has 0 aliphatic carbocycles. The molecule has 7 aromatic rings. The molecule has 3 aromatic heterocycles. The lowest BCUT2D eigenvalue weighted by molar-refractivity contribution is 0.0577. The van der Waals surface area contributed by atoms with Crippen LogP contribution >= 0.6 is 0 Å². The SMILES string of the molecule is CCCCCCCCC(CCCCCC)CN1C(=O)c2ccc3c(=O)n4c5ccc6c(=O)n(CC(CCCCCC)CCCCCCCC)c(=O)c7ccc(nc4c4ccc(c2c34)C1=O)c5c76. The number of imide groups is 1. The summed E-state index contributed by atoms with van der Waals surface area (Å²) in [7, 11) is 0. The van der Waals surface area contributed by atoms with Crippen molar-refractivity contribution in [2.45, 2.75) is 188 Å². The molecular formula is C58H74N4O5. The van der Waals surface area contributed by atoms with Crippen molar-refractivity contribution in [3.8, 4) is 0 Å². The molecule has 0 saturated heterocycles. The molecular weight excluding hydrogens is 833 g/mol. The van der Waals surface area contributed by atoms with E-state index in [0.717, 1.165) is 77.0 Å². The van der Waals surface area contributed by atoms with Crippen LogP contribution < -0.4 is 16.7 Å². The van der Waals surface area contributed by atoms with Gasteiger partial charge in [0.2, 0.25) is 0 Å². The van der Waals surface area contributed by atoms with Gasteiger partial charge in [-0.1, -0.05) is 156 Å². The van der Waals surface area contributed by atoms with Gasteiger partial charge in [0.05, 0.1) is 11.0 Å². The highest BCUT2D eigenvalue weighted by molar-refractivity contribution is 6.32. The van der Waals surface area contributed by atoms with E-state index in [9.17, 15) is 24.0 Å². The van der Waals surface area contributed by atoms with E-state index in [0.29, 0.717) is 84.0 Å². The van der Waals surface area contributed by atoms with Crippen LogP contribution in [0.15, 0.2) is 62.9 Å². The maximum Gasteiger partial charge on any atom is 0.264 e. The van der Waals surface area contributed by atoms with Crippen LogP contribution in [-0.4, -0.2) is 37.2 Å². The Bertz CT molecular complexity index is 2970. The van der Waals surface area contributed by atoms with Crippen molar-refractivity contribution < 1.29 is 9.59 Å². The first-order valence-corrected chi connectivity index (χ1v) is 26.6. The average molecular weight is 907 g/mol. The van der Waals surface area contributed by atoms with Crippen LogP contribution in [0.25, 0.3) is 59.8 Å². The number of aromatic nitrogens is 3. The molecule has 2 atom stereocenters. The smallest absolute Gasteiger partial charge is 0.264 e. The zero-order chi connectivity index (χ0) is 47.0.